The second-order valence-electron chi connectivity index (χ2n) is 12.3. The van der Waals surface area contributed by atoms with Gasteiger partial charge >= 0.3 is 5.97 Å². The number of unbranched alkanes of at least 4 members (excludes halogenated alkanes) is 20. The molecule has 0 bridgehead atoms. The first-order chi connectivity index (χ1) is 17.5. The molecule has 216 valence electrons. The Morgan fingerprint density at radius 2 is 0.833 bits per heavy atom. The van der Waals surface area contributed by atoms with Crippen molar-refractivity contribution in [2.75, 3.05) is 0 Å². The summed E-state index contributed by atoms with van der Waals surface area (Å²) >= 11 is 0. The van der Waals surface area contributed by atoms with Crippen LogP contribution in [-0.4, -0.2) is 11.1 Å². The summed E-state index contributed by atoms with van der Waals surface area (Å²) in [5.74, 6) is 0.0326. The van der Waals surface area contributed by atoms with Gasteiger partial charge in [-0.05, 0) is 25.7 Å². The summed E-state index contributed by atoms with van der Waals surface area (Å²) in [7, 11) is 0. The zero-order valence-corrected chi connectivity index (χ0v) is 25.5. The lowest BCUT2D eigenvalue weighted by Gasteiger charge is -2.30. The lowest BCUT2D eigenvalue weighted by Crippen LogP contribution is -2.30. The molecule has 0 fully saturated rings. The molecule has 0 aromatic carbocycles. The first-order valence-electron chi connectivity index (χ1n) is 16.7. The molecule has 0 saturated heterocycles. The molecule has 0 amide bonds. The summed E-state index contributed by atoms with van der Waals surface area (Å²) in [6.07, 6.45) is 35.1. The molecule has 0 aliphatic carbocycles. The molecule has 0 aromatic rings. The van der Waals surface area contributed by atoms with Crippen LogP contribution in [0.15, 0.2) is 0 Å². The average molecular weight is 509 g/mol. The van der Waals surface area contributed by atoms with E-state index in [4.69, 9.17) is 0 Å². The van der Waals surface area contributed by atoms with Gasteiger partial charge in [0.15, 0.2) is 0 Å². The minimum Gasteiger partial charge on any atom is -0.481 e. The largest absolute Gasteiger partial charge is 0.481 e. The Morgan fingerprint density at radius 1 is 0.528 bits per heavy atom. The molecule has 0 aromatic heterocycles. The smallest absolute Gasteiger partial charge is 0.309 e. The number of hydrogen-bond donors (Lipinski definition) is 1. The van der Waals surface area contributed by atoms with Gasteiger partial charge < -0.3 is 5.11 Å². The van der Waals surface area contributed by atoms with E-state index < -0.39 is 11.4 Å². The fourth-order valence-corrected chi connectivity index (χ4v) is 5.89. The third-order valence-corrected chi connectivity index (χ3v) is 8.52. The van der Waals surface area contributed by atoms with E-state index in [9.17, 15) is 9.90 Å². The van der Waals surface area contributed by atoms with Gasteiger partial charge in [0, 0.05) is 0 Å². The van der Waals surface area contributed by atoms with Crippen molar-refractivity contribution in [3.63, 3.8) is 0 Å². The van der Waals surface area contributed by atoms with Gasteiger partial charge in [-0.1, -0.05) is 181 Å². The molecular weight excluding hydrogens is 440 g/mol. The van der Waals surface area contributed by atoms with Gasteiger partial charge in [-0.3, -0.25) is 4.79 Å². The van der Waals surface area contributed by atoms with Crippen molar-refractivity contribution in [2.45, 2.75) is 201 Å². The van der Waals surface area contributed by atoms with Crippen LogP contribution >= 0.6 is 0 Å². The highest BCUT2D eigenvalue weighted by atomic mass is 16.4. The number of hydrogen-bond acceptors (Lipinski definition) is 1. The van der Waals surface area contributed by atoms with Crippen LogP contribution in [0.2, 0.25) is 0 Å². The maximum absolute atomic E-state index is 12.2. The van der Waals surface area contributed by atoms with Crippen molar-refractivity contribution in [3.05, 3.63) is 0 Å². The number of aliphatic carboxylic acids is 1. The molecule has 0 rings (SSSR count). The fourth-order valence-electron chi connectivity index (χ4n) is 5.89. The summed E-state index contributed by atoms with van der Waals surface area (Å²) in [4.78, 5) is 12.2. The quantitative estimate of drug-likeness (QED) is 0.102. The summed E-state index contributed by atoms with van der Waals surface area (Å²) < 4.78 is 0. The van der Waals surface area contributed by atoms with E-state index in [0.29, 0.717) is 5.92 Å². The molecule has 2 unspecified atom stereocenters. The Balaban J connectivity index is 4.31. The third kappa shape index (κ3) is 21.5. The van der Waals surface area contributed by atoms with Crippen LogP contribution < -0.4 is 0 Å². The molecule has 2 heteroatoms. The molecule has 0 aliphatic heterocycles. The van der Waals surface area contributed by atoms with Gasteiger partial charge in [0.25, 0.3) is 0 Å². The molecule has 0 radical (unpaired) electrons. The summed E-state index contributed by atoms with van der Waals surface area (Å²) in [5.41, 5.74) is -0.531. The van der Waals surface area contributed by atoms with E-state index in [-0.39, 0.29) is 0 Å². The number of carboxylic acid groups (broad SMARTS) is 1. The summed E-state index contributed by atoms with van der Waals surface area (Å²) in [6, 6.07) is 0. The highest BCUT2D eigenvalue weighted by molar-refractivity contribution is 5.74. The van der Waals surface area contributed by atoms with Gasteiger partial charge in [-0.25, -0.2) is 0 Å². The van der Waals surface area contributed by atoms with Crippen molar-refractivity contribution in [1.29, 1.82) is 0 Å². The molecule has 2 nitrogen and oxygen atoms in total. The highest BCUT2D eigenvalue weighted by Crippen LogP contribution is 2.36. The fraction of sp³-hybridized carbons (Fsp3) is 0.971. The predicted molar refractivity (Wildman–Crippen MR) is 161 cm³/mol. The monoisotopic (exact) mass is 509 g/mol. The Morgan fingerprint density at radius 3 is 1.17 bits per heavy atom. The van der Waals surface area contributed by atoms with Crippen molar-refractivity contribution in [1.82, 2.24) is 0 Å². The molecule has 1 N–H and O–H groups in total. The SMILES string of the molecule is CCCCCCCCCCCCCCC(CCCCCCCCCC)CC(C)(CCCCC)C(=O)O. The summed E-state index contributed by atoms with van der Waals surface area (Å²) in [5, 5.41) is 10.1. The molecule has 36 heavy (non-hydrogen) atoms. The van der Waals surface area contributed by atoms with Gasteiger partial charge in [0.1, 0.15) is 0 Å². The average Bonchev–Trinajstić information content (AvgIpc) is 2.86. The lowest BCUT2D eigenvalue weighted by atomic mass is 9.74. The number of carboxylic acids is 1. The van der Waals surface area contributed by atoms with Gasteiger partial charge in [0.2, 0.25) is 0 Å². The number of rotatable bonds is 29. The van der Waals surface area contributed by atoms with E-state index in [1.165, 1.54) is 141 Å². The second kappa shape index (κ2) is 26.1. The van der Waals surface area contributed by atoms with Crippen molar-refractivity contribution in [2.24, 2.45) is 11.3 Å². The Hall–Kier alpha value is -0.530. The van der Waals surface area contributed by atoms with E-state index in [0.717, 1.165) is 32.1 Å². The zero-order valence-electron chi connectivity index (χ0n) is 25.5. The van der Waals surface area contributed by atoms with E-state index >= 15 is 0 Å². The highest BCUT2D eigenvalue weighted by Gasteiger charge is 2.34. The summed E-state index contributed by atoms with van der Waals surface area (Å²) in [6.45, 7) is 8.81. The minimum absolute atomic E-state index is 0.531. The van der Waals surface area contributed by atoms with Gasteiger partial charge in [-0.2, -0.15) is 0 Å². The van der Waals surface area contributed by atoms with Gasteiger partial charge in [0.05, 0.1) is 5.41 Å². The Kier molecular flexibility index (Phi) is 25.7. The Labute approximate surface area is 228 Å². The van der Waals surface area contributed by atoms with Crippen molar-refractivity contribution < 1.29 is 9.90 Å². The standard InChI is InChI=1S/C34H68O2/c1-5-8-11-13-15-17-18-19-20-22-24-26-29-32(28-25-23-21-16-14-12-9-6-2)31-34(4,33(35)36)30-27-10-7-3/h32H,5-31H2,1-4H3,(H,35,36). The maximum atomic E-state index is 12.2. The second-order valence-corrected chi connectivity index (χ2v) is 12.3. The van der Waals surface area contributed by atoms with Crippen LogP contribution in [0.1, 0.15) is 201 Å². The van der Waals surface area contributed by atoms with Crippen molar-refractivity contribution in [3.8, 4) is 0 Å². The van der Waals surface area contributed by atoms with Gasteiger partial charge in [-0.15, -0.1) is 0 Å². The zero-order chi connectivity index (χ0) is 26.7. The van der Waals surface area contributed by atoms with Crippen LogP contribution in [0.3, 0.4) is 0 Å². The molecule has 0 heterocycles. The predicted octanol–water partition coefficient (Wildman–Crippen LogP) is 12.3. The van der Waals surface area contributed by atoms with Crippen LogP contribution in [0.4, 0.5) is 0 Å². The molecule has 0 saturated carbocycles. The van der Waals surface area contributed by atoms with E-state index in [1.807, 2.05) is 6.92 Å². The van der Waals surface area contributed by atoms with E-state index in [1.54, 1.807) is 0 Å². The first kappa shape index (κ1) is 35.5. The van der Waals surface area contributed by atoms with Crippen LogP contribution in [0.5, 0.6) is 0 Å². The molecule has 0 spiro atoms. The topological polar surface area (TPSA) is 37.3 Å². The Bertz CT molecular complexity index is 460. The molecular formula is C34H68O2. The number of carbonyl (C=O) groups is 1. The van der Waals surface area contributed by atoms with Crippen LogP contribution in [0, 0.1) is 11.3 Å². The van der Waals surface area contributed by atoms with Crippen LogP contribution in [-0.2, 0) is 4.79 Å². The van der Waals surface area contributed by atoms with Crippen molar-refractivity contribution >= 4 is 5.97 Å². The van der Waals surface area contributed by atoms with Crippen LogP contribution in [0.25, 0.3) is 0 Å². The lowest BCUT2D eigenvalue weighted by molar-refractivity contribution is -0.149. The normalized spacial score (nSPS) is 14.1. The first-order valence-corrected chi connectivity index (χ1v) is 16.7. The van der Waals surface area contributed by atoms with E-state index in [2.05, 4.69) is 20.8 Å². The minimum atomic E-state index is -0.561. The third-order valence-electron chi connectivity index (χ3n) is 8.52. The molecule has 2 atom stereocenters. The maximum Gasteiger partial charge on any atom is 0.309 e. The molecule has 0 aliphatic rings.